The van der Waals surface area contributed by atoms with Crippen LogP contribution in [0.4, 0.5) is 0 Å². The second-order valence-electron chi connectivity index (χ2n) is 6.74. The Kier molecular flexibility index (Phi) is 6.80. The number of carbonyl (C=O) groups excluding carboxylic acids is 2. The molecule has 0 bridgehead atoms. The van der Waals surface area contributed by atoms with Crippen molar-refractivity contribution in [2.24, 2.45) is 0 Å². The monoisotopic (exact) mass is 422 g/mol. The highest BCUT2D eigenvalue weighted by Crippen LogP contribution is 2.39. The Hall–Kier alpha value is -2.25. The Morgan fingerprint density at radius 2 is 1.82 bits per heavy atom. The molecule has 2 N–H and O–H groups in total. The number of nitrogens with one attached hydrogen (secondary N) is 2. The lowest BCUT2D eigenvalue weighted by atomic mass is 9.99. The molecule has 1 aliphatic rings. The SMILES string of the molecule is CC(C)c1ccc(C(CNC(=O)c2scc3c2OCCO3)NC(=O)CCl)cc1. The Morgan fingerprint density at radius 1 is 1.14 bits per heavy atom. The van der Waals surface area contributed by atoms with Crippen LogP contribution in [0.2, 0.25) is 0 Å². The number of alkyl halides is 1. The molecule has 0 radical (unpaired) electrons. The number of ether oxygens (including phenoxy) is 2. The normalized spacial score (nSPS) is 13.9. The molecule has 1 aliphatic heterocycles. The van der Waals surface area contributed by atoms with Crippen molar-refractivity contribution in [2.45, 2.75) is 25.8 Å². The van der Waals surface area contributed by atoms with Crippen LogP contribution < -0.4 is 20.1 Å². The number of hydrogen-bond acceptors (Lipinski definition) is 5. The summed E-state index contributed by atoms with van der Waals surface area (Å²) < 4.78 is 11.0. The van der Waals surface area contributed by atoms with Gasteiger partial charge in [-0.15, -0.1) is 22.9 Å². The van der Waals surface area contributed by atoms with Gasteiger partial charge in [0.15, 0.2) is 11.5 Å². The number of carbonyl (C=O) groups is 2. The standard InChI is InChI=1S/C20H23ClN2O4S/c1-12(2)13-3-5-14(6-4-13)15(23-17(24)9-21)10-22-20(25)19-18-16(11-28-19)26-7-8-27-18/h3-6,11-12,15H,7-10H2,1-2H3,(H,22,25)(H,23,24). The maximum absolute atomic E-state index is 12.6. The van der Waals surface area contributed by atoms with E-state index in [1.54, 1.807) is 5.38 Å². The van der Waals surface area contributed by atoms with E-state index >= 15 is 0 Å². The van der Waals surface area contributed by atoms with E-state index in [-0.39, 0.29) is 30.3 Å². The van der Waals surface area contributed by atoms with Crippen molar-refractivity contribution >= 4 is 34.8 Å². The highest BCUT2D eigenvalue weighted by atomic mass is 35.5. The summed E-state index contributed by atoms with van der Waals surface area (Å²) in [4.78, 5) is 24.9. The van der Waals surface area contributed by atoms with Crippen LogP contribution in [-0.4, -0.2) is 37.5 Å². The fourth-order valence-electron chi connectivity index (χ4n) is 2.89. The van der Waals surface area contributed by atoms with Gasteiger partial charge in [0.2, 0.25) is 5.91 Å². The van der Waals surface area contributed by atoms with Crippen LogP contribution in [-0.2, 0) is 4.79 Å². The van der Waals surface area contributed by atoms with Crippen LogP contribution in [0.3, 0.4) is 0 Å². The molecule has 1 atom stereocenters. The molecule has 1 unspecified atom stereocenters. The zero-order valence-corrected chi connectivity index (χ0v) is 17.4. The number of fused-ring (bicyclic) bond motifs is 1. The molecule has 0 aliphatic carbocycles. The Bertz CT molecular complexity index is 835. The fraction of sp³-hybridized carbons (Fsp3) is 0.400. The van der Waals surface area contributed by atoms with E-state index < -0.39 is 0 Å². The van der Waals surface area contributed by atoms with Crippen LogP contribution in [0.25, 0.3) is 0 Å². The molecule has 6 nitrogen and oxygen atoms in total. The summed E-state index contributed by atoms with van der Waals surface area (Å²) in [6.45, 7) is 5.37. The molecule has 1 aromatic heterocycles. The van der Waals surface area contributed by atoms with Crippen LogP contribution in [0.15, 0.2) is 29.6 Å². The predicted molar refractivity (Wildman–Crippen MR) is 110 cm³/mol. The Labute approximate surface area is 173 Å². The first-order valence-electron chi connectivity index (χ1n) is 9.10. The molecule has 2 aromatic rings. The zero-order chi connectivity index (χ0) is 20.1. The number of hydrogen-bond donors (Lipinski definition) is 2. The fourth-order valence-corrected chi connectivity index (χ4v) is 3.82. The van der Waals surface area contributed by atoms with E-state index in [0.29, 0.717) is 35.5 Å². The third-order valence-corrected chi connectivity index (χ3v) is 5.62. The van der Waals surface area contributed by atoms with Gasteiger partial charge >= 0.3 is 0 Å². The largest absolute Gasteiger partial charge is 0.485 e. The summed E-state index contributed by atoms with van der Waals surface area (Å²) in [6.07, 6.45) is 0. The lowest BCUT2D eigenvalue weighted by Gasteiger charge is -2.20. The van der Waals surface area contributed by atoms with Gasteiger partial charge in [0.25, 0.3) is 5.91 Å². The molecule has 150 valence electrons. The summed E-state index contributed by atoms with van der Waals surface area (Å²) >= 11 is 6.92. The van der Waals surface area contributed by atoms with Crippen molar-refractivity contribution in [2.75, 3.05) is 25.6 Å². The quantitative estimate of drug-likeness (QED) is 0.670. The average Bonchev–Trinajstić information content (AvgIpc) is 3.15. The minimum absolute atomic E-state index is 0.141. The summed E-state index contributed by atoms with van der Waals surface area (Å²) in [5, 5.41) is 7.50. The van der Waals surface area contributed by atoms with Crippen molar-refractivity contribution in [3.8, 4) is 11.5 Å². The molecule has 2 amide bonds. The number of thiophene rings is 1. The minimum Gasteiger partial charge on any atom is -0.485 e. The first-order valence-corrected chi connectivity index (χ1v) is 10.5. The van der Waals surface area contributed by atoms with Gasteiger partial charge in [-0.3, -0.25) is 9.59 Å². The van der Waals surface area contributed by atoms with Gasteiger partial charge in [0.1, 0.15) is 24.0 Å². The van der Waals surface area contributed by atoms with Crippen molar-refractivity contribution in [1.29, 1.82) is 0 Å². The first kappa shape index (κ1) is 20.5. The van der Waals surface area contributed by atoms with E-state index in [1.807, 2.05) is 24.3 Å². The zero-order valence-electron chi connectivity index (χ0n) is 15.8. The summed E-state index contributed by atoms with van der Waals surface area (Å²) in [7, 11) is 0. The van der Waals surface area contributed by atoms with Crippen molar-refractivity contribution in [3.63, 3.8) is 0 Å². The molecule has 28 heavy (non-hydrogen) atoms. The molecule has 1 aromatic carbocycles. The van der Waals surface area contributed by atoms with Gasteiger partial charge in [0.05, 0.1) is 6.04 Å². The maximum Gasteiger partial charge on any atom is 0.265 e. The number of rotatable bonds is 7. The summed E-state index contributed by atoms with van der Waals surface area (Å²) in [6, 6.07) is 7.60. The van der Waals surface area contributed by atoms with Crippen molar-refractivity contribution in [3.05, 3.63) is 45.6 Å². The second-order valence-corrected chi connectivity index (χ2v) is 7.89. The predicted octanol–water partition coefficient (Wildman–Crippen LogP) is 3.47. The van der Waals surface area contributed by atoms with E-state index in [0.717, 1.165) is 5.56 Å². The molecular formula is C20H23ClN2O4S. The molecule has 0 spiro atoms. The third kappa shape index (κ3) is 4.77. The van der Waals surface area contributed by atoms with E-state index in [1.165, 1.54) is 16.9 Å². The summed E-state index contributed by atoms with van der Waals surface area (Å²) in [5.41, 5.74) is 2.11. The van der Waals surface area contributed by atoms with Crippen LogP contribution >= 0.6 is 22.9 Å². The second kappa shape index (κ2) is 9.30. The molecule has 2 heterocycles. The molecule has 0 fully saturated rings. The smallest absolute Gasteiger partial charge is 0.265 e. The van der Waals surface area contributed by atoms with Crippen molar-refractivity contribution in [1.82, 2.24) is 10.6 Å². The van der Waals surface area contributed by atoms with E-state index in [9.17, 15) is 9.59 Å². The summed E-state index contributed by atoms with van der Waals surface area (Å²) in [5.74, 6) is 0.795. The third-order valence-electron chi connectivity index (χ3n) is 4.44. The Morgan fingerprint density at radius 3 is 2.50 bits per heavy atom. The topological polar surface area (TPSA) is 76.7 Å². The average molecular weight is 423 g/mol. The number of halogens is 1. The van der Waals surface area contributed by atoms with Gasteiger partial charge in [0, 0.05) is 11.9 Å². The van der Waals surface area contributed by atoms with Crippen LogP contribution in [0, 0.1) is 0 Å². The first-order chi connectivity index (χ1) is 13.5. The minimum atomic E-state index is -0.385. The Balaban J connectivity index is 1.71. The lowest BCUT2D eigenvalue weighted by Crippen LogP contribution is -2.38. The highest BCUT2D eigenvalue weighted by Gasteiger charge is 2.24. The van der Waals surface area contributed by atoms with Crippen LogP contribution in [0.5, 0.6) is 11.5 Å². The van der Waals surface area contributed by atoms with Gasteiger partial charge < -0.3 is 20.1 Å². The van der Waals surface area contributed by atoms with Gasteiger partial charge in [-0.05, 0) is 17.0 Å². The molecule has 3 rings (SSSR count). The number of benzene rings is 1. The highest BCUT2D eigenvalue weighted by molar-refractivity contribution is 7.12. The number of amides is 2. The van der Waals surface area contributed by atoms with Gasteiger partial charge in [-0.1, -0.05) is 38.1 Å². The van der Waals surface area contributed by atoms with Gasteiger partial charge in [-0.25, -0.2) is 0 Å². The molecule has 0 saturated carbocycles. The molecule has 8 heteroatoms. The molecular weight excluding hydrogens is 400 g/mol. The van der Waals surface area contributed by atoms with Crippen LogP contribution in [0.1, 0.15) is 46.6 Å². The van der Waals surface area contributed by atoms with Crippen molar-refractivity contribution < 1.29 is 19.1 Å². The van der Waals surface area contributed by atoms with E-state index in [4.69, 9.17) is 21.1 Å². The van der Waals surface area contributed by atoms with E-state index in [2.05, 4.69) is 24.5 Å². The maximum atomic E-state index is 12.6. The lowest BCUT2D eigenvalue weighted by molar-refractivity contribution is -0.119. The van der Waals surface area contributed by atoms with Gasteiger partial charge in [-0.2, -0.15) is 0 Å². The molecule has 0 saturated heterocycles.